The molecule has 7 N–H and O–H groups in total. The molecule has 0 aromatic heterocycles. The van der Waals surface area contributed by atoms with Crippen LogP contribution < -0.4 is 0 Å². The Hall–Kier alpha value is -0.400. The minimum Gasteiger partial charge on any atom is -0.394 e. The predicted octanol–water partition coefficient (Wildman–Crippen LogP) is 2.26. The molecular formula is C36H60O10. The number of hydrogen-bond donors (Lipinski definition) is 7. The van der Waals surface area contributed by atoms with Gasteiger partial charge in [0.2, 0.25) is 0 Å². The van der Waals surface area contributed by atoms with Crippen LogP contribution in [0.1, 0.15) is 106 Å². The van der Waals surface area contributed by atoms with Crippen LogP contribution in [0.25, 0.3) is 0 Å². The molecule has 17 atom stereocenters. The molecule has 264 valence electrons. The van der Waals surface area contributed by atoms with Gasteiger partial charge in [-0.2, -0.15) is 0 Å². The van der Waals surface area contributed by atoms with Crippen molar-refractivity contribution in [1.29, 1.82) is 0 Å². The Morgan fingerprint density at radius 1 is 0.804 bits per heavy atom. The zero-order chi connectivity index (χ0) is 33.6. The van der Waals surface area contributed by atoms with E-state index in [0.29, 0.717) is 19.3 Å². The van der Waals surface area contributed by atoms with Gasteiger partial charge in [-0.15, -0.1) is 0 Å². The van der Waals surface area contributed by atoms with E-state index in [-0.39, 0.29) is 45.5 Å². The molecule has 2 aliphatic heterocycles. The third kappa shape index (κ3) is 4.24. The van der Waals surface area contributed by atoms with Gasteiger partial charge in [-0.05, 0) is 117 Å². The van der Waals surface area contributed by atoms with Crippen molar-refractivity contribution in [2.75, 3.05) is 6.61 Å². The maximum atomic E-state index is 12.0. The van der Waals surface area contributed by atoms with Gasteiger partial charge in [0.15, 0.2) is 6.29 Å². The van der Waals surface area contributed by atoms with Crippen molar-refractivity contribution in [3.8, 4) is 0 Å². The molecule has 46 heavy (non-hydrogen) atoms. The number of hydrogen-bond acceptors (Lipinski definition) is 10. The summed E-state index contributed by atoms with van der Waals surface area (Å²) in [6.45, 7) is 14.2. The maximum Gasteiger partial charge on any atom is 0.186 e. The minimum atomic E-state index is -1.53. The second-order valence-electron chi connectivity index (χ2n) is 18.7. The summed E-state index contributed by atoms with van der Waals surface area (Å²) in [5.74, 6) is 0.0768. The van der Waals surface area contributed by atoms with Gasteiger partial charge in [-0.25, -0.2) is 0 Å². The average Bonchev–Trinajstić information content (AvgIpc) is 3.33. The van der Waals surface area contributed by atoms with Crippen LogP contribution in [0.2, 0.25) is 0 Å². The standard InChI is InChI=1S/C36H60O10/c1-30(2)22(39)8-11-36-17-35(36)13-12-32(5)27(34(7)10-9-23(46-34)31(3,4)43)18(38)15-33(32,6)21(35)14-19(28(30)36)44-29-26(42)25(41)24(40)20(16-37)45-29/h18-29,37-43H,8-17H2,1-7H3/t18-,19?,20+,21-,22?,23-,24+,25-,26?,27-,28-,29+,32+,33-,34+,35?,36+/m0/s1. The van der Waals surface area contributed by atoms with Crippen molar-refractivity contribution in [3.63, 3.8) is 0 Å². The number of ether oxygens (including phenoxy) is 3. The fourth-order valence-corrected chi connectivity index (χ4v) is 13.6. The van der Waals surface area contributed by atoms with E-state index in [0.717, 1.165) is 38.5 Å². The Balaban J connectivity index is 1.26. The van der Waals surface area contributed by atoms with Crippen LogP contribution in [0, 0.1) is 44.8 Å². The van der Waals surface area contributed by atoms with E-state index in [9.17, 15) is 35.7 Å². The van der Waals surface area contributed by atoms with Crippen molar-refractivity contribution in [2.45, 2.75) is 173 Å². The highest BCUT2D eigenvalue weighted by Crippen LogP contribution is 2.89. The van der Waals surface area contributed by atoms with Gasteiger partial charge < -0.3 is 50.0 Å². The van der Waals surface area contributed by atoms with Crippen molar-refractivity contribution >= 4 is 0 Å². The molecule has 5 saturated carbocycles. The van der Waals surface area contributed by atoms with E-state index < -0.39 is 72.2 Å². The maximum absolute atomic E-state index is 12.0. The van der Waals surface area contributed by atoms with Gasteiger partial charge >= 0.3 is 0 Å². The summed E-state index contributed by atoms with van der Waals surface area (Å²) in [4.78, 5) is 0. The van der Waals surface area contributed by atoms with Crippen LogP contribution in [-0.4, -0.2) is 109 Å². The zero-order valence-electron chi connectivity index (χ0n) is 28.9. The largest absolute Gasteiger partial charge is 0.394 e. The monoisotopic (exact) mass is 652 g/mol. The van der Waals surface area contributed by atoms with Crippen LogP contribution >= 0.6 is 0 Å². The highest BCUT2D eigenvalue weighted by molar-refractivity contribution is 5.33. The summed E-state index contributed by atoms with van der Waals surface area (Å²) in [6, 6.07) is 0. The zero-order valence-corrected chi connectivity index (χ0v) is 28.9. The molecular weight excluding hydrogens is 592 g/mol. The second kappa shape index (κ2) is 10.3. The molecule has 5 aliphatic carbocycles. The quantitative estimate of drug-likeness (QED) is 0.219. The van der Waals surface area contributed by atoms with Crippen molar-refractivity contribution in [3.05, 3.63) is 0 Å². The first-order valence-electron chi connectivity index (χ1n) is 17.9. The summed E-state index contributed by atoms with van der Waals surface area (Å²) in [5, 5.41) is 76.2. The summed E-state index contributed by atoms with van der Waals surface area (Å²) < 4.78 is 19.4. The third-order valence-electron chi connectivity index (χ3n) is 15.9. The number of aliphatic hydroxyl groups excluding tert-OH is 6. The highest BCUT2D eigenvalue weighted by atomic mass is 16.7. The lowest BCUT2D eigenvalue weighted by molar-refractivity contribution is -0.331. The predicted molar refractivity (Wildman–Crippen MR) is 167 cm³/mol. The van der Waals surface area contributed by atoms with Crippen molar-refractivity contribution in [2.24, 2.45) is 44.8 Å². The van der Waals surface area contributed by atoms with Gasteiger partial charge in [0, 0.05) is 5.92 Å². The molecule has 0 amide bonds. The molecule has 2 spiro atoms. The van der Waals surface area contributed by atoms with Crippen LogP contribution in [-0.2, 0) is 14.2 Å². The number of rotatable bonds is 5. The lowest BCUT2D eigenvalue weighted by Gasteiger charge is -2.65. The molecule has 0 aromatic carbocycles. The average molecular weight is 653 g/mol. The lowest BCUT2D eigenvalue weighted by Crippen LogP contribution is -2.64. The molecule has 0 radical (unpaired) electrons. The van der Waals surface area contributed by atoms with E-state index in [1.54, 1.807) is 13.8 Å². The van der Waals surface area contributed by atoms with Gasteiger partial charge in [-0.3, -0.25) is 0 Å². The van der Waals surface area contributed by atoms with Crippen molar-refractivity contribution < 1.29 is 50.0 Å². The Kier molecular flexibility index (Phi) is 7.65. The Morgan fingerprint density at radius 3 is 2.13 bits per heavy atom. The molecule has 0 bridgehead atoms. The van der Waals surface area contributed by atoms with E-state index in [2.05, 4.69) is 34.6 Å². The minimum absolute atomic E-state index is 0.0225. The molecule has 2 heterocycles. The summed E-state index contributed by atoms with van der Waals surface area (Å²) in [6.07, 6.45) is -1.07. The normalized spacial score (nSPS) is 59.3. The van der Waals surface area contributed by atoms with Crippen LogP contribution in [0.15, 0.2) is 0 Å². The molecule has 10 heteroatoms. The van der Waals surface area contributed by atoms with E-state index in [4.69, 9.17) is 14.2 Å². The van der Waals surface area contributed by atoms with Gasteiger partial charge in [0.25, 0.3) is 0 Å². The number of fused-ring (bicyclic) bond motifs is 2. The van der Waals surface area contributed by atoms with Gasteiger partial charge in [-0.1, -0.05) is 27.7 Å². The summed E-state index contributed by atoms with van der Waals surface area (Å²) in [7, 11) is 0. The molecule has 2 saturated heterocycles. The molecule has 7 fully saturated rings. The van der Waals surface area contributed by atoms with E-state index >= 15 is 0 Å². The van der Waals surface area contributed by atoms with Gasteiger partial charge in [0.05, 0.1) is 42.2 Å². The van der Waals surface area contributed by atoms with Gasteiger partial charge in [0.1, 0.15) is 24.4 Å². The summed E-state index contributed by atoms with van der Waals surface area (Å²) in [5.41, 5.74) is -2.50. The van der Waals surface area contributed by atoms with Crippen LogP contribution in [0.3, 0.4) is 0 Å². The molecule has 7 aliphatic rings. The smallest absolute Gasteiger partial charge is 0.186 e. The van der Waals surface area contributed by atoms with Crippen LogP contribution in [0.5, 0.6) is 0 Å². The lowest BCUT2D eigenvalue weighted by atomic mass is 9.41. The molecule has 0 aromatic rings. The highest BCUT2D eigenvalue weighted by Gasteiger charge is 2.85. The first-order chi connectivity index (χ1) is 21.2. The number of aliphatic hydroxyl groups is 7. The first kappa shape index (κ1) is 34.1. The Labute approximate surface area is 273 Å². The third-order valence-corrected chi connectivity index (χ3v) is 15.9. The van der Waals surface area contributed by atoms with Crippen LogP contribution in [0.4, 0.5) is 0 Å². The van der Waals surface area contributed by atoms with E-state index in [1.165, 1.54) is 0 Å². The van der Waals surface area contributed by atoms with Crippen molar-refractivity contribution in [1.82, 2.24) is 0 Å². The molecule has 10 nitrogen and oxygen atoms in total. The SMILES string of the molecule is CC(C)(O)[C@@H]1CC[C@](C)([C@H]2[C@@H](O)C[C@@]3(C)[C@@H]4CC(O[C@@H]5O[C@H](CO)[C@@H](O)[C@H](O)C5O)[C@H]5C(C)(C)C(O)CC[C@@]56CC46CC[C@]23C)O1. The molecule has 4 unspecified atom stereocenters. The topological polar surface area (TPSA) is 169 Å². The Bertz CT molecular complexity index is 1200. The molecule has 7 rings (SSSR count). The Morgan fingerprint density at radius 2 is 1.50 bits per heavy atom. The fraction of sp³-hybridized carbons (Fsp3) is 1.00. The summed E-state index contributed by atoms with van der Waals surface area (Å²) >= 11 is 0. The first-order valence-corrected chi connectivity index (χ1v) is 17.9. The second-order valence-corrected chi connectivity index (χ2v) is 18.7. The van der Waals surface area contributed by atoms with E-state index in [1.807, 2.05) is 0 Å². The fourth-order valence-electron chi connectivity index (χ4n) is 13.6.